The minimum absolute atomic E-state index is 0.0231. The number of imide groups is 1. The van der Waals surface area contributed by atoms with Crippen LogP contribution in [0.1, 0.15) is 22.5 Å². The number of hydrogen-bond acceptors (Lipinski definition) is 6. The van der Waals surface area contributed by atoms with Crippen LogP contribution in [0.2, 0.25) is 0 Å². The number of carbonyl (C=O) groups excluding carboxylic acids is 2. The van der Waals surface area contributed by atoms with E-state index in [9.17, 15) is 19.7 Å². The van der Waals surface area contributed by atoms with E-state index in [1.807, 2.05) is 36.4 Å². The van der Waals surface area contributed by atoms with Gasteiger partial charge in [0.1, 0.15) is 11.5 Å². The first-order chi connectivity index (χ1) is 14.8. The van der Waals surface area contributed by atoms with Crippen LogP contribution in [0.15, 0.2) is 63.9 Å². The predicted octanol–water partition coefficient (Wildman–Crippen LogP) is 5.71. The van der Waals surface area contributed by atoms with Crippen LogP contribution in [-0.2, 0) is 11.3 Å². The van der Waals surface area contributed by atoms with Crippen molar-refractivity contribution in [3.8, 4) is 11.3 Å². The fourth-order valence-electron chi connectivity index (χ4n) is 3.29. The molecule has 1 aromatic heterocycles. The van der Waals surface area contributed by atoms with Crippen molar-refractivity contribution in [3.05, 3.63) is 92.1 Å². The molecule has 156 valence electrons. The predicted molar refractivity (Wildman–Crippen MR) is 118 cm³/mol. The van der Waals surface area contributed by atoms with Crippen molar-refractivity contribution in [1.29, 1.82) is 0 Å². The summed E-state index contributed by atoms with van der Waals surface area (Å²) in [6, 6.07) is 15.9. The van der Waals surface area contributed by atoms with Gasteiger partial charge in [-0.25, -0.2) is 0 Å². The summed E-state index contributed by atoms with van der Waals surface area (Å²) in [5.41, 5.74) is 2.85. The molecule has 2 aromatic carbocycles. The van der Waals surface area contributed by atoms with E-state index < -0.39 is 4.92 Å². The van der Waals surface area contributed by atoms with Gasteiger partial charge in [-0.2, -0.15) is 0 Å². The van der Waals surface area contributed by atoms with Crippen LogP contribution in [0.25, 0.3) is 17.4 Å². The van der Waals surface area contributed by atoms with Crippen molar-refractivity contribution >= 4 is 34.7 Å². The van der Waals surface area contributed by atoms with Gasteiger partial charge in [-0.1, -0.05) is 30.3 Å². The Morgan fingerprint density at radius 1 is 1.10 bits per heavy atom. The molecule has 0 bridgehead atoms. The Labute approximate surface area is 182 Å². The van der Waals surface area contributed by atoms with E-state index in [-0.39, 0.29) is 28.3 Å². The highest BCUT2D eigenvalue weighted by atomic mass is 32.2. The number of nitro benzene ring substituents is 1. The largest absolute Gasteiger partial charge is 0.457 e. The third kappa shape index (κ3) is 4.15. The summed E-state index contributed by atoms with van der Waals surface area (Å²) in [6.07, 6.45) is 1.52. The molecule has 2 heterocycles. The van der Waals surface area contributed by atoms with Gasteiger partial charge in [-0.3, -0.25) is 24.6 Å². The zero-order valence-corrected chi connectivity index (χ0v) is 17.6. The molecule has 0 spiro atoms. The molecule has 3 aromatic rings. The van der Waals surface area contributed by atoms with Crippen molar-refractivity contribution in [1.82, 2.24) is 4.90 Å². The van der Waals surface area contributed by atoms with Gasteiger partial charge in [0, 0.05) is 23.3 Å². The van der Waals surface area contributed by atoms with Gasteiger partial charge in [0.2, 0.25) is 0 Å². The normalized spacial score (nSPS) is 15.2. The van der Waals surface area contributed by atoms with Gasteiger partial charge >= 0.3 is 0 Å². The number of amides is 2. The van der Waals surface area contributed by atoms with Crippen molar-refractivity contribution in [2.45, 2.75) is 20.4 Å². The Morgan fingerprint density at radius 2 is 1.84 bits per heavy atom. The van der Waals surface area contributed by atoms with Crippen LogP contribution >= 0.6 is 11.8 Å². The summed E-state index contributed by atoms with van der Waals surface area (Å²) in [5, 5.41) is 11.0. The van der Waals surface area contributed by atoms with E-state index >= 15 is 0 Å². The molecule has 0 radical (unpaired) electrons. The maximum absolute atomic E-state index is 12.7. The van der Waals surface area contributed by atoms with Crippen LogP contribution in [0, 0.1) is 24.0 Å². The quantitative estimate of drug-likeness (QED) is 0.290. The van der Waals surface area contributed by atoms with Gasteiger partial charge in [0.15, 0.2) is 0 Å². The summed E-state index contributed by atoms with van der Waals surface area (Å²) in [4.78, 5) is 37.4. The lowest BCUT2D eigenvalue weighted by Gasteiger charge is -2.11. The Bertz CT molecular complexity index is 1230. The highest BCUT2D eigenvalue weighted by Crippen LogP contribution is 2.35. The second kappa shape index (κ2) is 8.23. The zero-order chi connectivity index (χ0) is 22.1. The van der Waals surface area contributed by atoms with Gasteiger partial charge in [0.25, 0.3) is 16.8 Å². The SMILES string of the molecule is Cc1cc(-c2ccc(/C=C3/SC(=O)N(Cc4ccccc4)C3=O)o2)cc([N+](=O)[O-])c1C. The van der Waals surface area contributed by atoms with Gasteiger partial charge < -0.3 is 4.42 Å². The third-order valence-electron chi connectivity index (χ3n) is 5.08. The number of carbonyl (C=O) groups is 2. The lowest BCUT2D eigenvalue weighted by molar-refractivity contribution is -0.385. The molecule has 0 unspecified atom stereocenters. The van der Waals surface area contributed by atoms with Gasteiger partial charge in [0.05, 0.1) is 16.4 Å². The van der Waals surface area contributed by atoms with E-state index in [1.165, 1.54) is 17.0 Å². The molecule has 31 heavy (non-hydrogen) atoms. The molecule has 7 nitrogen and oxygen atoms in total. The zero-order valence-electron chi connectivity index (χ0n) is 16.8. The number of hydrogen-bond donors (Lipinski definition) is 0. The first-order valence-electron chi connectivity index (χ1n) is 9.48. The van der Waals surface area contributed by atoms with Gasteiger partial charge in [-0.15, -0.1) is 0 Å². The molecule has 0 aliphatic carbocycles. The van der Waals surface area contributed by atoms with E-state index in [2.05, 4.69) is 0 Å². The first kappa shape index (κ1) is 20.6. The van der Waals surface area contributed by atoms with E-state index in [0.717, 1.165) is 22.9 Å². The summed E-state index contributed by atoms with van der Waals surface area (Å²) in [5.74, 6) is 0.459. The van der Waals surface area contributed by atoms with Gasteiger partial charge in [-0.05, 0) is 54.9 Å². The summed E-state index contributed by atoms with van der Waals surface area (Å²) >= 11 is 0.861. The molecular formula is C23H18N2O5S. The Morgan fingerprint density at radius 3 is 2.55 bits per heavy atom. The van der Waals surface area contributed by atoms with Crippen molar-refractivity contribution in [2.75, 3.05) is 0 Å². The average Bonchev–Trinajstić information content (AvgIpc) is 3.31. The molecule has 1 saturated heterocycles. The van der Waals surface area contributed by atoms with Crippen molar-refractivity contribution in [3.63, 3.8) is 0 Å². The standard InChI is InChI=1S/C23H18N2O5S/c1-14-10-17(11-19(15(14)2)25(28)29)20-9-8-18(30-20)12-21-22(26)24(23(27)31-21)13-16-6-4-3-5-7-16/h3-12H,13H2,1-2H3/b21-12+. The highest BCUT2D eigenvalue weighted by molar-refractivity contribution is 8.18. The number of furan rings is 1. The number of nitrogens with zero attached hydrogens (tertiary/aromatic N) is 2. The second-order valence-electron chi connectivity index (χ2n) is 7.15. The molecular weight excluding hydrogens is 416 g/mol. The first-order valence-corrected chi connectivity index (χ1v) is 10.3. The fourth-order valence-corrected chi connectivity index (χ4v) is 4.11. The van der Waals surface area contributed by atoms with Crippen molar-refractivity contribution < 1.29 is 18.9 Å². The third-order valence-corrected chi connectivity index (χ3v) is 5.99. The van der Waals surface area contributed by atoms with Crippen LogP contribution in [0.3, 0.4) is 0 Å². The maximum Gasteiger partial charge on any atom is 0.293 e. The molecule has 1 aliphatic rings. The Hall–Kier alpha value is -3.65. The smallest absolute Gasteiger partial charge is 0.293 e. The molecule has 8 heteroatoms. The fraction of sp³-hybridized carbons (Fsp3) is 0.130. The van der Waals surface area contributed by atoms with E-state index in [4.69, 9.17) is 4.42 Å². The Kier molecular flexibility index (Phi) is 5.48. The lowest BCUT2D eigenvalue weighted by atomic mass is 10.0. The minimum Gasteiger partial charge on any atom is -0.457 e. The van der Waals surface area contributed by atoms with Crippen LogP contribution in [0.4, 0.5) is 10.5 Å². The highest BCUT2D eigenvalue weighted by Gasteiger charge is 2.35. The molecule has 2 amide bonds. The van der Waals surface area contributed by atoms with Crippen LogP contribution < -0.4 is 0 Å². The van der Waals surface area contributed by atoms with E-state index in [0.29, 0.717) is 22.6 Å². The summed E-state index contributed by atoms with van der Waals surface area (Å²) < 4.78 is 5.80. The Balaban J connectivity index is 1.58. The molecule has 4 rings (SSSR count). The van der Waals surface area contributed by atoms with Crippen molar-refractivity contribution in [2.24, 2.45) is 0 Å². The number of nitro groups is 1. The average molecular weight is 434 g/mol. The lowest BCUT2D eigenvalue weighted by Crippen LogP contribution is -2.27. The molecule has 0 atom stereocenters. The van der Waals surface area contributed by atoms with E-state index in [1.54, 1.807) is 26.0 Å². The molecule has 1 aliphatic heterocycles. The molecule has 0 saturated carbocycles. The molecule has 1 fully saturated rings. The number of rotatable bonds is 5. The minimum atomic E-state index is -0.418. The number of aryl methyl sites for hydroxylation is 1. The summed E-state index contributed by atoms with van der Waals surface area (Å²) in [6.45, 7) is 3.72. The maximum atomic E-state index is 12.7. The van der Waals surface area contributed by atoms with Crippen LogP contribution in [-0.4, -0.2) is 21.0 Å². The second-order valence-corrected chi connectivity index (χ2v) is 8.14. The molecule has 0 N–H and O–H groups in total. The summed E-state index contributed by atoms with van der Waals surface area (Å²) in [7, 11) is 0. The van der Waals surface area contributed by atoms with Crippen LogP contribution in [0.5, 0.6) is 0 Å². The monoisotopic (exact) mass is 434 g/mol. The topological polar surface area (TPSA) is 93.7 Å². The number of thioether (sulfide) groups is 1. The number of benzene rings is 2.